The van der Waals surface area contributed by atoms with E-state index in [4.69, 9.17) is 5.73 Å². The monoisotopic (exact) mass is 262 g/mol. The first-order chi connectivity index (χ1) is 9.10. The van der Waals surface area contributed by atoms with Crippen molar-refractivity contribution in [1.82, 2.24) is 4.90 Å². The maximum Gasteiger partial charge on any atom is 0.227 e. The molecule has 3 N–H and O–H groups in total. The van der Waals surface area contributed by atoms with Gasteiger partial charge in [0, 0.05) is 19.1 Å². The Morgan fingerprint density at radius 3 is 2.74 bits per heavy atom. The first-order valence-corrected chi connectivity index (χ1v) is 6.91. The minimum absolute atomic E-state index is 0.149. The van der Waals surface area contributed by atoms with Gasteiger partial charge in [-0.05, 0) is 30.0 Å². The summed E-state index contributed by atoms with van der Waals surface area (Å²) in [6.45, 7) is 3.65. The molecule has 1 saturated heterocycles. The average molecular weight is 262 g/mol. The van der Waals surface area contributed by atoms with Crippen molar-refractivity contribution in [1.29, 1.82) is 0 Å². The van der Waals surface area contributed by atoms with Crippen LogP contribution < -0.4 is 5.73 Å². The lowest BCUT2D eigenvalue weighted by Crippen LogP contribution is -2.49. The van der Waals surface area contributed by atoms with Gasteiger partial charge in [0.1, 0.15) is 5.75 Å². The Balaban J connectivity index is 1.94. The minimum Gasteiger partial charge on any atom is -0.508 e. The summed E-state index contributed by atoms with van der Waals surface area (Å²) in [7, 11) is 0. The molecule has 1 aromatic carbocycles. The van der Waals surface area contributed by atoms with Crippen LogP contribution in [0.4, 0.5) is 0 Å². The van der Waals surface area contributed by atoms with E-state index in [9.17, 15) is 9.90 Å². The summed E-state index contributed by atoms with van der Waals surface area (Å²) in [5.74, 6) is 0.791. The largest absolute Gasteiger partial charge is 0.508 e. The van der Waals surface area contributed by atoms with E-state index in [-0.39, 0.29) is 17.7 Å². The molecule has 1 aliphatic rings. The highest BCUT2D eigenvalue weighted by molar-refractivity contribution is 5.79. The van der Waals surface area contributed by atoms with Crippen LogP contribution in [0.15, 0.2) is 24.3 Å². The number of carbonyl (C=O) groups excluding carboxylic acids is 1. The fraction of sp³-hybridized carbons (Fsp3) is 0.533. The normalized spacial score (nSPS) is 23.4. The number of hydrogen-bond donors (Lipinski definition) is 2. The zero-order valence-electron chi connectivity index (χ0n) is 11.4. The smallest absolute Gasteiger partial charge is 0.227 e. The van der Waals surface area contributed by atoms with E-state index in [1.54, 1.807) is 24.3 Å². The van der Waals surface area contributed by atoms with Crippen LogP contribution in [0, 0.1) is 5.92 Å². The third-order valence-corrected chi connectivity index (χ3v) is 3.96. The highest BCUT2D eigenvalue weighted by Gasteiger charge is 2.27. The number of carbonyl (C=O) groups is 1. The number of hydrogen-bond acceptors (Lipinski definition) is 3. The van der Waals surface area contributed by atoms with Crippen LogP contribution >= 0.6 is 0 Å². The molecule has 1 aromatic rings. The van der Waals surface area contributed by atoms with Gasteiger partial charge >= 0.3 is 0 Å². The molecule has 0 aromatic heterocycles. The molecule has 2 rings (SSSR count). The van der Waals surface area contributed by atoms with Crippen LogP contribution in [0.5, 0.6) is 5.75 Å². The van der Waals surface area contributed by atoms with Crippen molar-refractivity contribution in [2.24, 2.45) is 11.7 Å². The van der Waals surface area contributed by atoms with Gasteiger partial charge in [-0.2, -0.15) is 0 Å². The predicted octanol–water partition coefficient (Wildman–Crippen LogP) is 1.52. The maximum atomic E-state index is 12.2. The molecule has 0 bridgehead atoms. The van der Waals surface area contributed by atoms with Crippen molar-refractivity contribution >= 4 is 5.91 Å². The Kier molecular flexibility index (Phi) is 4.43. The number of phenolic OH excluding ortho intramolecular Hbond substituents is 1. The fourth-order valence-electron chi connectivity index (χ4n) is 2.61. The lowest BCUT2D eigenvalue weighted by Gasteiger charge is -2.36. The summed E-state index contributed by atoms with van der Waals surface area (Å²) in [6.07, 6.45) is 2.30. The number of likely N-dealkylation sites (tertiary alicyclic amines) is 1. The number of nitrogens with two attached hydrogens (primary N) is 1. The Morgan fingerprint density at radius 1 is 1.42 bits per heavy atom. The zero-order chi connectivity index (χ0) is 13.8. The summed E-state index contributed by atoms with van der Waals surface area (Å²) < 4.78 is 0. The van der Waals surface area contributed by atoms with E-state index < -0.39 is 0 Å². The number of rotatable bonds is 3. The van der Waals surface area contributed by atoms with Crippen molar-refractivity contribution in [2.75, 3.05) is 13.1 Å². The van der Waals surface area contributed by atoms with Crippen LogP contribution in [0.3, 0.4) is 0 Å². The maximum absolute atomic E-state index is 12.2. The highest BCUT2D eigenvalue weighted by Crippen LogP contribution is 2.19. The summed E-state index contributed by atoms with van der Waals surface area (Å²) in [4.78, 5) is 14.2. The number of aromatic hydroxyl groups is 1. The molecular weight excluding hydrogens is 240 g/mol. The summed E-state index contributed by atoms with van der Waals surface area (Å²) in [6, 6.07) is 7.04. The van der Waals surface area contributed by atoms with Crippen LogP contribution in [-0.4, -0.2) is 35.0 Å². The van der Waals surface area contributed by atoms with Crippen LogP contribution in [0.25, 0.3) is 0 Å². The number of nitrogens with zero attached hydrogens (tertiary/aromatic N) is 1. The molecule has 0 radical (unpaired) electrons. The molecule has 1 amide bonds. The van der Waals surface area contributed by atoms with Crippen LogP contribution in [-0.2, 0) is 11.2 Å². The van der Waals surface area contributed by atoms with Gasteiger partial charge < -0.3 is 15.7 Å². The summed E-state index contributed by atoms with van der Waals surface area (Å²) in [5.41, 5.74) is 6.99. The Labute approximate surface area is 114 Å². The molecule has 2 atom stereocenters. The van der Waals surface area contributed by atoms with Gasteiger partial charge in [-0.25, -0.2) is 0 Å². The van der Waals surface area contributed by atoms with Gasteiger partial charge in [-0.1, -0.05) is 25.5 Å². The topological polar surface area (TPSA) is 66.6 Å². The van der Waals surface area contributed by atoms with E-state index in [0.29, 0.717) is 12.3 Å². The predicted molar refractivity (Wildman–Crippen MR) is 74.8 cm³/mol. The molecule has 19 heavy (non-hydrogen) atoms. The first-order valence-electron chi connectivity index (χ1n) is 6.91. The average Bonchev–Trinajstić information content (AvgIpc) is 2.42. The molecular formula is C15H22N2O2. The third kappa shape index (κ3) is 3.47. The van der Waals surface area contributed by atoms with Crippen molar-refractivity contribution in [3.63, 3.8) is 0 Å². The van der Waals surface area contributed by atoms with E-state index in [0.717, 1.165) is 31.5 Å². The molecule has 0 spiro atoms. The quantitative estimate of drug-likeness (QED) is 0.868. The van der Waals surface area contributed by atoms with Crippen molar-refractivity contribution in [3.8, 4) is 5.75 Å². The summed E-state index contributed by atoms with van der Waals surface area (Å²) >= 11 is 0. The molecule has 4 heteroatoms. The fourth-order valence-corrected chi connectivity index (χ4v) is 2.61. The standard InChI is InChI=1S/C15H22N2O2/c1-2-12-10-17(8-7-14(12)16)15(19)9-11-3-5-13(18)6-4-11/h3-6,12,14,18H,2,7-10,16H2,1H3. The summed E-state index contributed by atoms with van der Waals surface area (Å²) in [5, 5.41) is 9.23. The second-order valence-electron chi connectivity index (χ2n) is 5.30. The highest BCUT2D eigenvalue weighted by atomic mass is 16.3. The Morgan fingerprint density at radius 2 is 2.11 bits per heavy atom. The molecule has 4 nitrogen and oxygen atoms in total. The second-order valence-corrected chi connectivity index (χ2v) is 5.30. The molecule has 0 aliphatic carbocycles. The number of benzene rings is 1. The van der Waals surface area contributed by atoms with Gasteiger partial charge in [0.25, 0.3) is 0 Å². The van der Waals surface area contributed by atoms with E-state index in [2.05, 4.69) is 6.92 Å². The van der Waals surface area contributed by atoms with Crippen molar-refractivity contribution in [2.45, 2.75) is 32.2 Å². The lowest BCUT2D eigenvalue weighted by atomic mass is 9.90. The van der Waals surface area contributed by atoms with E-state index >= 15 is 0 Å². The molecule has 1 fully saturated rings. The van der Waals surface area contributed by atoms with Gasteiger partial charge in [0.15, 0.2) is 0 Å². The van der Waals surface area contributed by atoms with Crippen molar-refractivity contribution < 1.29 is 9.90 Å². The number of amides is 1. The molecule has 104 valence electrons. The molecule has 2 unspecified atom stereocenters. The van der Waals surface area contributed by atoms with Gasteiger partial charge in [-0.3, -0.25) is 4.79 Å². The minimum atomic E-state index is 0.149. The second kappa shape index (κ2) is 6.06. The Bertz CT molecular complexity index is 430. The van der Waals surface area contributed by atoms with Crippen LogP contribution in [0.1, 0.15) is 25.3 Å². The first kappa shape index (κ1) is 13.9. The Hall–Kier alpha value is -1.55. The molecule has 1 heterocycles. The number of phenols is 1. The van der Waals surface area contributed by atoms with Gasteiger partial charge in [0.05, 0.1) is 6.42 Å². The zero-order valence-corrected chi connectivity index (χ0v) is 11.4. The lowest BCUT2D eigenvalue weighted by molar-refractivity contribution is -0.132. The van der Waals surface area contributed by atoms with Gasteiger partial charge in [0.2, 0.25) is 5.91 Å². The molecule has 0 saturated carbocycles. The van der Waals surface area contributed by atoms with E-state index in [1.807, 2.05) is 4.90 Å². The molecule has 1 aliphatic heterocycles. The van der Waals surface area contributed by atoms with E-state index in [1.165, 1.54) is 0 Å². The SMILES string of the molecule is CCC1CN(C(=O)Cc2ccc(O)cc2)CCC1N. The van der Waals surface area contributed by atoms with Crippen molar-refractivity contribution in [3.05, 3.63) is 29.8 Å². The van der Waals surface area contributed by atoms with Crippen LogP contribution in [0.2, 0.25) is 0 Å². The third-order valence-electron chi connectivity index (χ3n) is 3.96. The number of piperidine rings is 1. The van der Waals surface area contributed by atoms with Gasteiger partial charge in [-0.15, -0.1) is 0 Å².